The Kier molecular flexibility index (Phi) is 4.53. The molecule has 1 amide bonds. The van der Waals surface area contributed by atoms with Crippen LogP contribution in [-0.4, -0.2) is 51.2 Å². The molecule has 9 nitrogen and oxygen atoms in total. The van der Waals surface area contributed by atoms with Crippen LogP contribution in [0.15, 0.2) is 17.1 Å². The maximum Gasteiger partial charge on any atom is 0.341 e. The van der Waals surface area contributed by atoms with E-state index < -0.39 is 28.8 Å². The summed E-state index contributed by atoms with van der Waals surface area (Å²) in [6.45, 7) is 3.78. The van der Waals surface area contributed by atoms with Gasteiger partial charge < -0.3 is 25.6 Å². The van der Waals surface area contributed by atoms with Crippen molar-refractivity contribution in [3.8, 4) is 0 Å². The van der Waals surface area contributed by atoms with E-state index in [2.05, 4.69) is 10.3 Å². The van der Waals surface area contributed by atoms with Crippen LogP contribution in [0.3, 0.4) is 0 Å². The predicted octanol–water partition coefficient (Wildman–Crippen LogP) is 0.609. The fraction of sp³-hybridized carbons (Fsp3) is 0.474. The van der Waals surface area contributed by atoms with Crippen LogP contribution in [0.4, 0.5) is 10.2 Å². The second-order valence-corrected chi connectivity index (χ2v) is 7.78. The van der Waals surface area contributed by atoms with Gasteiger partial charge >= 0.3 is 5.97 Å². The first kappa shape index (κ1) is 19.3. The third-order valence-electron chi connectivity index (χ3n) is 5.59. The summed E-state index contributed by atoms with van der Waals surface area (Å²) in [5.74, 6) is -2.26. The molecule has 1 aliphatic heterocycles. The number of carbonyl (C=O) groups is 2. The maximum absolute atomic E-state index is 14.8. The van der Waals surface area contributed by atoms with Crippen molar-refractivity contribution in [2.45, 2.75) is 50.9 Å². The minimum atomic E-state index is -1.35. The number of carbonyl (C=O) groups excluding carboxylic acids is 1. The topological polar surface area (TPSA) is 131 Å². The summed E-state index contributed by atoms with van der Waals surface area (Å²) >= 11 is 0. The summed E-state index contributed by atoms with van der Waals surface area (Å²) in [4.78, 5) is 41.8. The highest BCUT2D eigenvalue weighted by Gasteiger charge is 2.39. The van der Waals surface area contributed by atoms with Gasteiger partial charge in [0.2, 0.25) is 11.3 Å². The Hall–Kier alpha value is -3.01. The minimum absolute atomic E-state index is 0.0481. The fourth-order valence-electron chi connectivity index (χ4n) is 3.59. The quantitative estimate of drug-likeness (QED) is 0.667. The molecule has 0 unspecified atom stereocenters. The number of fused-ring (bicyclic) bond motifs is 1. The molecular weight excluding hydrogens is 381 g/mol. The van der Waals surface area contributed by atoms with Crippen LogP contribution in [0.2, 0.25) is 0 Å². The highest BCUT2D eigenvalue weighted by atomic mass is 19.1. The summed E-state index contributed by atoms with van der Waals surface area (Å²) in [7, 11) is 0. The van der Waals surface area contributed by atoms with Gasteiger partial charge in [-0.15, -0.1) is 0 Å². The molecule has 3 heterocycles. The lowest BCUT2D eigenvalue weighted by atomic mass is 9.97. The number of aromatic carboxylic acids is 1. The van der Waals surface area contributed by atoms with Crippen LogP contribution >= 0.6 is 0 Å². The molecule has 2 aliphatic rings. The van der Waals surface area contributed by atoms with E-state index in [1.807, 2.05) is 6.92 Å². The molecule has 1 aliphatic carbocycles. The van der Waals surface area contributed by atoms with Gasteiger partial charge in [0.1, 0.15) is 11.2 Å². The summed E-state index contributed by atoms with van der Waals surface area (Å²) in [6, 6.07) is 0.0744. The van der Waals surface area contributed by atoms with Crippen molar-refractivity contribution < 1.29 is 19.1 Å². The molecule has 2 fully saturated rings. The molecule has 3 atom stereocenters. The van der Waals surface area contributed by atoms with Crippen molar-refractivity contribution in [3.63, 3.8) is 0 Å². The van der Waals surface area contributed by atoms with Gasteiger partial charge in [0.05, 0.1) is 17.5 Å². The van der Waals surface area contributed by atoms with Crippen molar-refractivity contribution in [2.24, 2.45) is 5.73 Å². The summed E-state index contributed by atoms with van der Waals surface area (Å²) in [6.07, 6.45) is 2.98. The zero-order valence-corrected chi connectivity index (χ0v) is 16.1. The smallest absolute Gasteiger partial charge is 0.341 e. The second kappa shape index (κ2) is 6.80. The molecule has 10 heteroatoms. The number of hydrogen-bond acceptors (Lipinski definition) is 6. The number of amides is 1. The molecule has 4 rings (SSSR count). The van der Waals surface area contributed by atoms with Gasteiger partial charge in [-0.25, -0.2) is 14.2 Å². The molecule has 1 saturated heterocycles. The average Bonchev–Trinajstić information content (AvgIpc) is 3.49. The van der Waals surface area contributed by atoms with Gasteiger partial charge in [0, 0.05) is 24.8 Å². The molecule has 154 valence electrons. The number of rotatable bonds is 5. The zero-order chi connectivity index (χ0) is 21.0. The van der Waals surface area contributed by atoms with E-state index >= 15 is 0 Å². The molecule has 0 radical (unpaired) electrons. The van der Waals surface area contributed by atoms with Crippen molar-refractivity contribution in [1.29, 1.82) is 0 Å². The molecule has 29 heavy (non-hydrogen) atoms. The summed E-state index contributed by atoms with van der Waals surface area (Å²) in [5, 5.41) is 12.1. The SMILES string of the molecule is C[C@H](N)C(=O)N[C@@H]1CN(c2nc3c(cc2F)c(=O)c(C(=O)O)cn3C2CC2)[C@H]1C. The number of aromatic nitrogens is 2. The van der Waals surface area contributed by atoms with Gasteiger partial charge in [0.15, 0.2) is 11.6 Å². The lowest BCUT2D eigenvalue weighted by molar-refractivity contribution is -0.123. The standard InChI is InChI=1S/C19H22FN5O4/c1-8(21)18(27)22-14-7-24(9(14)2)17-13(20)5-11-15(26)12(19(28)29)6-25(10-3-4-10)16(11)23-17/h5-6,8-10,14H,3-4,7,21H2,1-2H3,(H,22,27)(H,28,29)/t8-,9-,14+/m0/s1. The highest BCUT2D eigenvalue weighted by Crippen LogP contribution is 2.37. The molecule has 0 spiro atoms. The van der Waals surface area contributed by atoms with Gasteiger partial charge in [-0.1, -0.05) is 0 Å². The number of halogens is 1. The van der Waals surface area contributed by atoms with E-state index in [-0.39, 0.29) is 40.9 Å². The third-order valence-corrected chi connectivity index (χ3v) is 5.59. The Labute approximate surface area is 165 Å². The lowest BCUT2D eigenvalue weighted by Gasteiger charge is -2.47. The molecule has 2 aromatic rings. The van der Waals surface area contributed by atoms with Crippen LogP contribution in [0, 0.1) is 5.82 Å². The minimum Gasteiger partial charge on any atom is -0.477 e. The van der Waals surface area contributed by atoms with E-state index in [1.165, 1.54) is 6.20 Å². The number of pyridine rings is 2. The van der Waals surface area contributed by atoms with Crippen LogP contribution in [0.1, 0.15) is 43.1 Å². The number of carboxylic acid groups (broad SMARTS) is 1. The Morgan fingerprint density at radius 3 is 2.66 bits per heavy atom. The molecular formula is C19H22FN5O4. The summed E-state index contributed by atoms with van der Waals surface area (Å²) in [5.41, 5.74) is 4.70. The number of hydrogen-bond donors (Lipinski definition) is 3. The average molecular weight is 403 g/mol. The van der Waals surface area contributed by atoms with Crippen molar-refractivity contribution in [3.05, 3.63) is 33.9 Å². The first-order chi connectivity index (χ1) is 13.7. The molecule has 0 bridgehead atoms. The normalized spacial score (nSPS) is 22.3. The number of nitrogens with one attached hydrogen (secondary N) is 1. The molecule has 4 N–H and O–H groups in total. The first-order valence-electron chi connectivity index (χ1n) is 9.50. The monoisotopic (exact) mass is 403 g/mol. The number of anilines is 1. The first-order valence-corrected chi connectivity index (χ1v) is 9.50. The second-order valence-electron chi connectivity index (χ2n) is 7.78. The van der Waals surface area contributed by atoms with E-state index in [1.54, 1.807) is 16.4 Å². The van der Waals surface area contributed by atoms with Gasteiger partial charge in [-0.3, -0.25) is 9.59 Å². The maximum atomic E-state index is 14.8. The highest BCUT2D eigenvalue weighted by molar-refractivity contribution is 5.92. The number of carboxylic acids is 1. The van der Waals surface area contributed by atoms with Crippen LogP contribution < -0.4 is 21.4 Å². The van der Waals surface area contributed by atoms with Crippen molar-refractivity contribution in [1.82, 2.24) is 14.9 Å². The van der Waals surface area contributed by atoms with E-state index in [0.29, 0.717) is 6.54 Å². The predicted molar refractivity (Wildman–Crippen MR) is 104 cm³/mol. The third kappa shape index (κ3) is 3.23. The lowest BCUT2D eigenvalue weighted by Crippen LogP contribution is -2.67. The summed E-state index contributed by atoms with van der Waals surface area (Å²) < 4.78 is 16.5. The van der Waals surface area contributed by atoms with Crippen LogP contribution in [0.5, 0.6) is 0 Å². The van der Waals surface area contributed by atoms with Crippen molar-refractivity contribution in [2.75, 3.05) is 11.4 Å². The van der Waals surface area contributed by atoms with E-state index in [0.717, 1.165) is 18.9 Å². The van der Waals surface area contributed by atoms with Crippen LogP contribution in [-0.2, 0) is 4.79 Å². The van der Waals surface area contributed by atoms with E-state index in [4.69, 9.17) is 5.73 Å². The molecule has 2 aromatic heterocycles. The molecule has 0 aromatic carbocycles. The largest absolute Gasteiger partial charge is 0.477 e. The Bertz CT molecular complexity index is 1080. The van der Waals surface area contributed by atoms with Gasteiger partial charge in [-0.2, -0.15) is 0 Å². The fourth-order valence-corrected chi connectivity index (χ4v) is 3.59. The Morgan fingerprint density at radius 2 is 2.10 bits per heavy atom. The van der Waals surface area contributed by atoms with Crippen molar-refractivity contribution >= 4 is 28.7 Å². The van der Waals surface area contributed by atoms with Gasteiger partial charge in [0.25, 0.3) is 0 Å². The Balaban J connectivity index is 1.72. The van der Waals surface area contributed by atoms with Crippen LogP contribution in [0.25, 0.3) is 11.0 Å². The zero-order valence-electron chi connectivity index (χ0n) is 16.1. The molecule has 1 saturated carbocycles. The Morgan fingerprint density at radius 1 is 1.41 bits per heavy atom. The van der Waals surface area contributed by atoms with E-state index in [9.17, 15) is 23.9 Å². The van der Waals surface area contributed by atoms with Gasteiger partial charge in [-0.05, 0) is 32.8 Å². The number of nitrogens with zero attached hydrogens (tertiary/aromatic N) is 3. The number of nitrogens with two attached hydrogens (primary N) is 1.